The Morgan fingerprint density at radius 1 is 0.933 bits per heavy atom. The zero-order valence-corrected chi connectivity index (χ0v) is 21.7. The molecule has 3 aromatic carbocycles. The summed E-state index contributed by atoms with van der Waals surface area (Å²) in [4.78, 5) is 10.5. The molecule has 1 amide bonds. The van der Waals surface area contributed by atoms with Crippen LogP contribution >= 0.6 is 18.6 Å². The van der Waals surface area contributed by atoms with E-state index < -0.39 is 17.0 Å². The molecule has 4 rings (SSSR count). The molecule has 1 aliphatic rings. The molecule has 30 heavy (non-hydrogen) atoms. The van der Waals surface area contributed by atoms with E-state index >= 15 is 0 Å². The normalized spacial score (nSPS) is 12.6. The summed E-state index contributed by atoms with van der Waals surface area (Å²) in [5, 5.41) is 2.65. The Labute approximate surface area is 203 Å². The van der Waals surface area contributed by atoms with Crippen LogP contribution in [0.3, 0.4) is 0 Å². The van der Waals surface area contributed by atoms with Gasteiger partial charge in [-0.1, -0.05) is 61.2 Å². The number of amides is 1. The number of nitrogens with one attached hydrogen (secondary N) is 1. The van der Waals surface area contributed by atoms with Crippen LogP contribution in [0.25, 0.3) is 27.6 Å². The van der Waals surface area contributed by atoms with Crippen molar-refractivity contribution in [2.45, 2.75) is 32.1 Å². The zero-order chi connectivity index (χ0) is 19.5. The molecule has 0 spiro atoms. The molecule has 158 valence electrons. The number of carbonyl (C=O) groups excluding carboxylic acids is 1. The summed E-state index contributed by atoms with van der Waals surface area (Å²) in [5.41, 5.74) is 9.45. The van der Waals surface area contributed by atoms with Crippen molar-refractivity contribution in [3.8, 4) is 11.1 Å². The van der Waals surface area contributed by atoms with E-state index in [9.17, 15) is 4.79 Å². The van der Waals surface area contributed by atoms with Gasteiger partial charge in [-0.05, 0) is 12.8 Å². The summed E-state index contributed by atoms with van der Waals surface area (Å²) in [5.74, 6) is -0.270. The number of halogens is 2. The second kappa shape index (κ2) is 17.7. The maximum Gasteiger partial charge on any atom is 0.0519 e. The van der Waals surface area contributed by atoms with Gasteiger partial charge in [-0.2, -0.15) is 0 Å². The van der Waals surface area contributed by atoms with Crippen molar-refractivity contribution in [2.24, 2.45) is 5.92 Å². The zero-order valence-electron chi connectivity index (χ0n) is 17.6. The number of benzene rings is 2. The van der Waals surface area contributed by atoms with Crippen molar-refractivity contribution < 1.29 is 21.8 Å². The molecule has 0 heterocycles. The first-order valence-corrected chi connectivity index (χ1v) is 13.4. The molecule has 2 nitrogen and oxygen atoms in total. The van der Waals surface area contributed by atoms with Crippen molar-refractivity contribution in [2.75, 3.05) is 0 Å². The second-order valence-corrected chi connectivity index (χ2v) is 9.05. The molecule has 1 saturated carbocycles. The molecule has 0 unspecified atom stereocenters. The van der Waals surface area contributed by atoms with Crippen molar-refractivity contribution >= 4 is 46.3 Å². The number of hydrogen-bond donors (Lipinski definition) is 0. The Balaban J connectivity index is 0. The van der Waals surface area contributed by atoms with Crippen molar-refractivity contribution in [1.82, 2.24) is 0 Å². The van der Waals surface area contributed by atoms with Crippen LogP contribution < -0.4 is 0 Å². The van der Waals surface area contributed by atoms with Crippen LogP contribution in [0.5, 0.6) is 0 Å². The van der Waals surface area contributed by atoms with Gasteiger partial charge >= 0.3 is 35.6 Å². The predicted molar refractivity (Wildman–Crippen MR) is 131 cm³/mol. The first-order chi connectivity index (χ1) is 13.2. The second-order valence-electron chi connectivity index (χ2n) is 6.47. The maximum absolute atomic E-state index is 10.5. The monoisotopic (exact) mass is 493 g/mol. The average molecular weight is 494 g/mol. The van der Waals surface area contributed by atoms with E-state index in [0.717, 1.165) is 25.7 Å². The first kappa shape index (κ1) is 31.2. The number of carbonyl (C=O) groups is 1. The molecular formula is C24H29Cl2NOSiTi. The summed E-state index contributed by atoms with van der Waals surface area (Å²) in [7, 11) is 9.78. The topological polar surface area (TPSA) is 40.9 Å². The van der Waals surface area contributed by atoms with Gasteiger partial charge in [-0.3, -0.25) is 0 Å². The summed E-state index contributed by atoms with van der Waals surface area (Å²) in [6.45, 7) is 0. The standard InChI is InChI=1S/C15H11.C7H13NO.2CH3.2ClH.Si.Ti/c1-2-6-12(7-3-1)15-11-10-13-8-4-5-9-14(13)15;8-7(9)6-4-2-1-3-5-6;;;;;;/h1-11H;6H,1-5H2,(H2,8,9);2*1H3;2*1H;;/q-1;;2*-1;;;;+6/p-3. The van der Waals surface area contributed by atoms with Crippen molar-refractivity contribution in [3.63, 3.8) is 0 Å². The van der Waals surface area contributed by atoms with Gasteiger partial charge in [0.15, 0.2) is 0 Å². The Bertz CT molecular complexity index is 820. The molecule has 1 fully saturated rings. The number of fused-ring (bicyclic) bond motifs is 1. The molecule has 0 aromatic heterocycles. The van der Waals surface area contributed by atoms with Crippen LogP contribution in [0.4, 0.5) is 0 Å². The maximum atomic E-state index is 10.5. The number of rotatable bonds is 2. The van der Waals surface area contributed by atoms with Crippen molar-refractivity contribution in [1.29, 1.82) is 0 Å². The molecule has 1 aliphatic carbocycles. The summed E-state index contributed by atoms with van der Waals surface area (Å²) >= 11 is -0.556. The van der Waals surface area contributed by atoms with Gasteiger partial charge in [-0.25, -0.2) is 0 Å². The van der Waals surface area contributed by atoms with Gasteiger partial charge < -0.3 is 25.4 Å². The third kappa shape index (κ3) is 9.89. The molecule has 1 N–H and O–H groups in total. The quantitative estimate of drug-likeness (QED) is 0.261. The SMILES string of the molecule is [CH3-].[CH3-].[Cl][Ti+4][Cl].[NH-]C(=O)C1CCCCC1.[Si].c1ccc(-c2c[cH-]c3ccccc23)cc1. The van der Waals surface area contributed by atoms with Crippen molar-refractivity contribution in [3.05, 3.63) is 87.3 Å². The van der Waals surface area contributed by atoms with E-state index in [1.807, 2.05) is 0 Å². The fraction of sp³-hybridized carbons (Fsp3) is 0.250. The molecular weight excluding hydrogens is 465 g/mol. The third-order valence-corrected chi connectivity index (χ3v) is 4.74. The van der Waals surface area contributed by atoms with Crippen LogP contribution in [-0.4, -0.2) is 16.9 Å². The van der Waals surface area contributed by atoms with E-state index in [1.54, 1.807) is 0 Å². The summed E-state index contributed by atoms with van der Waals surface area (Å²) < 4.78 is 0. The van der Waals surface area contributed by atoms with Gasteiger partial charge in [0.25, 0.3) is 0 Å². The van der Waals surface area contributed by atoms with Gasteiger partial charge in [0.1, 0.15) is 0 Å². The van der Waals surface area contributed by atoms with Gasteiger partial charge in [0, 0.05) is 16.9 Å². The van der Waals surface area contributed by atoms with Crippen LogP contribution in [0.2, 0.25) is 0 Å². The first-order valence-electron chi connectivity index (χ1n) is 9.09. The summed E-state index contributed by atoms with van der Waals surface area (Å²) in [6, 6.07) is 23.4. The number of hydrogen-bond acceptors (Lipinski definition) is 1. The van der Waals surface area contributed by atoms with E-state index in [4.69, 9.17) is 24.3 Å². The Morgan fingerprint density at radius 3 is 2.00 bits per heavy atom. The smallest absolute Gasteiger partial charge is 0.0519 e. The van der Waals surface area contributed by atoms with E-state index in [2.05, 4.69) is 66.7 Å². The van der Waals surface area contributed by atoms with Crippen LogP contribution in [0.1, 0.15) is 32.1 Å². The third-order valence-electron chi connectivity index (χ3n) is 4.74. The predicted octanol–water partition coefficient (Wildman–Crippen LogP) is 8.27. The van der Waals surface area contributed by atoms with Gasteiger partial charge in [0.05, 0.1) is 5.91 Å². The molecule has 0 saturated heterocycles. The van der Waals surface area contributed by atoms with Gasteiger partial charge in [0.2, 0.25) is 0 Å². The van der Waals surface area contributed by atoms with Gasteiger partial charge in [-0.15, -0.1) is 46.7 Å². The van der Waals surface area contributed by atoms with Crippen LogP contribution in [-0.2, 0) is 21.8 Å². The molecule has 0 bridgehead atoms. The van der Waals surface area contributed by atoms with Crippen LogP contribution in [0.15, 0.2) is 66.7 Å². The Morgan fingerprint density at radius 2 is 1.47 bits per heavy atom. The van der Waals surface area contributed by atoms with E-state index in [0.29, 0.717) is 0 Å². The fourth-order valence-corrected chi connectivity index (χ4v) is 3.38. The summed E-state index contributed by atoms with van der Waals surface area (Å²) in [6.07, 6.45) is 5.47. The average Bonchev–Trinajstić information content (AvgIpc) is 3.15. The van der Waals surface area contributed by atoms with E-state index in [-0.39, 0.29) is 37.6 Å². The largest absolute Gasteiger partial charge is 0.668 e. The minimum atomic E-state index is -0.556. The minimum absolute atomic E-state index is 0. The minimum Gasteiger partial charge on any atom is -0.668 e. The molecule has 6 heteroatoms. The molecule has 4 radical (unpaired) electrons. The molecule has 0 aliphatic heterocycles. The molecule has 0 atom stereocenters. The Kier molecular flexibility index (Phi) is 18.4. The van der Waals surface area contributed by atoms with E-state index in [1.165, 1.54) is 28.3 Å². The Hall–Kier alpha value is -0.969. The van der Waals surface area contributed by atoms with Crippen LogP contribution in [0, 0.1) is 20.8 Å². The fourth-order valence-electron chi connectivity index (χ4n) is 3.38. The molecule has 3 aromatic rings.